The lowest BCUT2D eigenvalue weighted by Crippen LogP contribution is -2.42. The predicted molar refractivity (Wildman–Crippen MR) is 167 cm³/mol. The van der Waals surface area contributed by atoms with Crippen LogP contribution in [0.25, 0.3) is 0 Å². The highest BCUT2D eigenvalue weighted by molar-refractivity contribution is 5.97. The Kier molecular flexibility index (Phi) is 29.0. The first-order valence-corrected chi connectivity index (χ1v) is 13.6. The van der Waals surface area contributed by atoms with Crippen molar-refractivity contribution in [3.05, 3.63) is 0 Å². The summed E-state index contributed by atoms with van der Waals surface area (Å²) in [7, 11) is 0. The van der Waals surface area contributed by atoms with Gasteiger partial charge in [-0.15, -0.1) is 24.8 Å². The number of halogens is 2. The number of hydrogen-bond acceptors (Lipinski definition) is 4. The van der Waals surface area contributed by atoms with Gasteiger partial charge in [0, 0.05) is 26.2 Å². The van der Waals surface area contributed by atoms with E-state index >= 15 is 0 Å². The van der Waals surface area contributed by atoms with Crippen LogP contribution in [0.15, 0.2) is 20.0 Å². The van der Waals surface area contributed by atoms with Crippen LogP contribution in [0.4, 0.5) is 0 Å². The number of nitrogens with one attached hydrogen (secondary N) is 2. The highest BCUT2D eigenvalue weighted by atomic mass is 35.5. The van der Waals surface area contributed by atoms with Gasteiger partial charge in [0.25, 0.3) is 0 Å². The maximum absolute atomic E-state index is 5.93. The lowest BCUT2D eigenvalue weighted by molar-refractivity contribution is 0.462. The number of rotatable bonds is 18. The van der Waals surface area contributed by atoms with E-state index in [2.05, 4.69) is 58.3 Å². The molecule has 0 aliphatic carbocycles. The van der Waals surface area contributed by atoms with E-state index < -0.39 is 0 Å². The molecule has 0 amide bonds. The van der Waals surface area contributed by atoms with E-state index in [-0.39, 0.29) is 24.8 Å². The van der Waals surface area contributed by atoms with Gasteiger partial charge in [-0.25, -0.2) is 0 Å². The van der Waals surface area contributed by atoms with E-state index in [9.17, 15) is 0 Å². The van der Waals surface area contributed by atoms with Gasteiger partial charge in [-0.1, -0.05) is 66.2 Å². The summed E-state index contributed by atoms with van der Waals surface area (Å²) in [5.74, 6) is 2.38. The van der Waals surface area contributed by atoms with Gasteiger partial charge in [-0.3, -0.25) is 30.6 Å². The van der Waals surface area contributed by atoms with Gasteiger partial charge in [0.15, 0.2) is 23.8 Å². The van der Waals surface area contributed by atoms with Crippen molar-refractivity contribution < 1.29 is 0 Å². The Morgan fingerprint density at radius 2 is 0.892 bits per heavy atom. The number of aliphatic imine (C=N–C) groups is 4. The van der Waals surface area contributed by atoms with E-state index in [0.29, 0.717) is 48.8 Å². The Morgan fingerprint density at radius 3 is 1.22 bits per heavy atom. The van der Waals surface area contributed by atoms with Crippen molar-refractivity contribution in [2.24, 2.45) is 54.7 Å². The van der Waals surface area contributed by atoms with Crippen molar-refractivity contribution in [2.45, 2.75) is 98.3 Å². The van der Waals surface area contributed by atoms with E-state index in [4.69, 9.17) is 22.9 Å². The second kappa shape index (κ2) is 27.1. The fourth-order valence-electron chi connectivity index (χ4n) is 3.51. The summed E-state index contributed by atoms with van der Waals surface area (Å²) < 4.78 is 0. The van der Waals surface area contributed by atoms with Crippen molar-refractivity contribution in [3.63, 3.8) is 0 Å². The maximum atomic E-state index is 5.93. The highest BCUT2D eigenvalue weighted by Gasteiger charge is 2.06. The van der Waals surface area contributed by atoms with Crippen molar-refractivity contribution in [2.75, 3.05) is 26.2 Å². The zero-order chi connectivity index (χ0) is 26.3. The molecule has 10 N–H and O–H groups in total. The quantitative estimate of drug-likeness (QED) is 0.0831. The second-order valence-corrected chi connectivity index (χ2v) is 9.13. The molecule has 37 heavy (non-hydrogen) atoms. The van der Waals surface area contributed by atoms with Crippen LogP contribution in [-0.2, 0) is 0 Å². The number of guanidine groups is 4. The molecule has 0 radical (unpaired) electrons. The normalized spacial score (nSPS) is 14.4. The van der Waals surface area contributed by atoms with Gasteiger partial charge in [0.1, 0.15) is 0 Å². The molecule has 0 aliphatic heterocycles. The smallest absolute Gasteiger partial charge is 0.195 e. The molecule has 0 aromatic carbocycles. The fraction of sp³-hybridized carbons (Fsp3) is 0.840. The first kappa shape index (κ1) is 39.6. The molecule has 0 spiro atoms. The number of hydrogen-bond donors (Lipinski definition) is 6. The monoisotopic (exact) mass is 566 g/mol. The van der Waals surface area contributed by atoms with Crippen LogP contribution >= 0.6 is 24.8 Å². The minimum Gasteiger partial charge on any atom is -0.370 e. The molecule has 0 fully saturated rings. The molecule has 0 heterocycles. The second-order valence-electron chi connectivity index (χ2n) is 9.13. The summed E-state index contributed by atoms with van der Waals surface area (Å²) in [6, 6.07) is 0. The molecule has 0 saturated heterocycles. The maximum Gasteiger partial charge on any atom is 0.195 e. The third-order valence-electron chi connectivity index (χ3n) is 6.02. The largest absolute Gasteiger partial charge is 0.370 e. The van der Waals surface area contributed by atoms with Gasteiger partial charge < -0.3 is 22.9 Å². The Labute approximate surface area is 238 Å². The van der Waals surface area contributed by atoms with Gasteiger partial charge in [-0.05, 0) is 43.9 Å². The minimum atomic E-state index is 0. The lowest BCUT2D eigenvalue weighted by Gasteiger charge is -2.12. The molecule has 0 saturated carbocycles. The van der Waals surface area contributed by atoms with Crippen LogP contribution < -0.4 is 33.6 Å². The van der Waals surface area contributed by atoms with E-state index in [1.807, 2.05) is 0 Å². The predicted octanol–water partition coefficient (Wildman–Crippen LogP) is 3.87. The number of nitrogens with zero attached hydrogens (tertiary/aromatic N) is 4. The van der Waals surface area contributed by atoms with Gasteiger partial charge >= 0.3 is 0 Å². The minimum absolute atomic E-state index is 0. The van der Waals surface area contributed by atoms with Crippen LogP contribution in [-0.4, -0.2) is 50.0 Å². The van der Waals surface area contributed by atoms with Crippen LogP contribution in [0.2, 0.25) is 0 Å². The third kappa shape index (κ3) is 24.2. The molecule has 0 bridgehead atoms. The van der Waals surface area contributed by atoms with E-state index in [1.165, 1.54) is 38.5 Å². The van der Waals surface area contributed by atoms with Crippen LogP contribution in [0.3, 0.4) is 0 Å². The Morgan fingerprint density at radius 1 is 0.541 bits per heavy atom. The lowest BCUT2D eigenvalue weighted by atomic mass is 10.00. The summed E-state index contributed by atoms with van der Waals surface area (Å²) in [6.45, 7) is 11.5. The topological polar surface area (TPSA) is 178 Å². The molecule has 12 heteroatoms. The molecular weight excluding hydrogens is 511 g/mol. The molecule has 0 rings (SSSR count). The highest BCUT2D eigenvalue weighted by Crippen LogP contribution is 2.13. The molecule has 0 aromatic rings. The first-order valence-electron chi connectivity index (χ1n) is 13.6. The Bertz CT molecular complexity index is 599. The standard InChI is InChI=1S/C25H54N10.2ClH/c1-5-9-14-20(7-3)18-32-24(28)34-22(26)30-16-12-11-13-17-31-23(27)35-25(29)33-19-21(8-4)15-10-6-2;;/h20-21H,5-19H2,1-4H3,(H5,26,28,30,32,34)(H5,27,29,31,33,35);2*1H. The summed E-state index contributed by atoms with van der Waals surface area (Å²) in [6.07, 6.45) is 12.2. The number of unbranched alkanes of at least 4 members (excludes halogenated alkanes) is 4. The summed E-state index contributed by atoms with van der Waals surface area (Å²) >= 11 is 0. The third-order valence-corrected chi connectivity index (χ3v) is 6.02. The molecule has 2 atom stereocenters. The first-order chi connectivity index (χ1) is 16.9. The Balaban J connectivity index is -0.00000578. The molecule has 10 nitrogen and oxygen atoms in total. The van der Waals surface area contributed by atoms with Crippen molar-refractivity contribution in [1.29, 1.82) is 0 Å². The van der Waals surface area contributed by atoms with Crippen molar-refractivity contribution in [1.82, 2.24) is 10.6 Å². The zero-order valence-corrected chi connectivity index (χ0v) is 25.3. The average Bonchev–Trinajstić information content (AvgIpc) is 2.83. The zero-order valence-electron chi connectivity index (χ0n) is 23.7. The summed E-state index contributed by atoms with van der Waals surface area (Å²) in [5, 5.41) is 5.73. The van der Waals surface area contributed by atoms with Crippen molar-refractivity contribution >= 4 is 48.7 Å². The average molecular weight is 568 g/mol. The molecule has 0 aliphatic rings. The SMILES string of the molecule is CCCCC(CC)CN=C(N)NC(N)=NCCCCCN=C(N)NC(N)=NCC(CC)CCCC.Cl.Cl. The summed E-state index contributed by atoms with van der Waals surface area (Å²) in [4.78, 5) is 17.4. The van der Waals surface area contributed by atoms with Crippen LogP contribution in [0.5, 0.6) is 0 Å². The molecule has 2 unspecified atom stereocenters. The van der Waals surface area contributed by atoms with Crippen LogP contribution in [0.1, 0.15) is 98.3 Å². The Hall–Kier alpha value is -1.94. The fourth-order valence-corrected chi connectivity index (χ4v) is 3.51. The summed E-state index contributed by atoms with van der Waals surface area (Å²) in [5.41, 5.74) is 23.7. The van der Waals surface area contributed by atoms with Crippen molar-refractivity contribution in [3.8, 4) is 0 Å². The number of nitrogens with two attached hydrogens (primary N) is 4. The molecular formula is C25H56Cl2N10. The van der Waals surface area contributed by atoms with Gasteiger partial charge in [0.05, 0.1) is 0 Å². The van der Waals surface area contributed by atoms with Gasteiger partial charge in [-0.2, -0.15) is 0 Å². The van der Waals surface area contributed by atoms with Crippen LogP contribution in [0, 0.1) is 11.8 Å². The van der Waals surface area contributed by atoms with E-state index in [0.717, 1.165) is 45.2 Å². The molecule has 220 valence electrons. The molecule has 0 aromatic heterocycles. The van der Waals surface area contributed by atoms with E-state index in [1.54, 1.807) is 0 Å². The van der Waals surface area contributed by atoms with Gasteiger partial charge in [0.2, 0.25) is 0 Å².